The lowest BCUT2D eigenvalue weighted by Gasteiger charge is -2.23. The quantitative estimate of drug-likeness (QED) is 0.355. The lowest BCUT2D eigenvalue weighted by atomic mass is 10.1. The minimum Gasteiger partial charge on any atom is -0.481 e. The molecule has 0 saturated heterocycles. The largest absolute Gasteiger partial charge is 0.481 e. The molecule has 30 heavy (non-hydrogen) atoms. The van der Waals surface area contributed by atoms with Gasteiger partial charge in [0.25, 0.3) is 0 Å². The molecule has 0 radical (unpaired) electrons. The van der Waals surface area contributed by atoms with Crippen molar-refractivity contribution in [2.75, 3.05) is 6.16 Å². The Morgan fingerprint density at radius 2 is 1.83 bits per heavy atom. The Bertz CT molecular complexity index is 935. The van der Waals surface area contributed by atoms with E-state index in [0.717, 1.165) is 25.1 Å². The summed E-state index contributed by atoms with van der Waals surface area (Å²) in [6.45, 7) is 1.01. The van der Waals surface area contributed by atoms with Gasteiger partial charge >= 0.3 is 18.1 Å². The van der Waals surface area contributed by atoms with E-state index in [1.165, 1.54) is 0 Å². The van der Waals surface area contributed by atoms with Crippen LogP contribution in [0.5, 0.6) is 0 Å². The Morgan fingerprint density at radius 3 is 2.33 bits per heavy atom. The van der Waals surface area contributed by atoms with Gasteiger partial charge in [-0.1, -0.05) is 18.2 Å². The van der Waals surface area contributed by atoms with Crippen molar-refractivity contribution >= 4 is 29.3 Å². The van der Waals surface area contributed by atoms with Gasteiger partial charge in [0.1, 0.15) is 0 Å². The van der Waals surface area contributed by atoms with Gasteiger partial charge in [0.15, 0.2) is 0 Å². The predicted molar refractivity (Wildman–Crippen MR) is 99.4 cm³/mol. The van der Waals surface area contributed by atoms with E-state index in [1.54, 1.807) is 0 Å². The highest BCUT2D eigenvalue weighted by Gasteiger charge is 2.36. The van der Waals surface area contributed by atoms with Crippen molar-refractivity contribution in [2.24, 2.45) is 5.92 Å². The first-order chi connectivity index (χ1) is 13.5. The van der Waals surface area contributed by atoms with E-state index in [2.05, 4.69) is 0 Å². The van der Waals surface area contributed by atoms with Gasteiger partial charge in [-0.05, 0) is 25.0 Å². The summed E-state index contributed by atoms with van der Waals surface area (Å²) >= 11 is 0. The minimum absolute atomic E-state index is 0.206. The zero-order valence-electron chi connectivity index (χ0n) is 15.7. The van der Waals surface area contributed by atoms with Crippen molar-refractivity contribution < 1.29 is 50.8 Å². The second kappa shape index (κ2) is 9.90. The van der Waals surface area contributed by atoms with Crippen molar-refractivity contribution in [1.29, 1.82) is 0 Å². The first kappa shape index (κ1) is 26.1. The smallest absolute Gasteiger partial charge is 0.416 e. The number of hydrogen-bond acceptors (Lipinski definition) is 5. The number of carbonyl (C=O) groups is 2. The van der Waals surface area contributed by atoms with E-state index < -0.39 is 77.5 Å². The second-order valence-electron chi connectivity index (χ2n) is 6.66. The number of hydrogen-bond donors (Lipinski definition) is 4. The number of nitrogens with one attached hydrogen (secondary N) is 1. The molecule has 0 spiro atoms. The normalized spacial score (nSPS) is 16.4. The Balaban J connectivity index is 2.90. The van der Waals surface area contributed by atoms with Crippen LogP contribution in [0.4, 0.5) is 13.2 Å². The number of sulfonamides is 1. The fourth-order valence-electron chi connectivity index (χ4n) is 2.51. The SMILES string of the molecule is CC(NS(=O)(=O)Cc1cccc(C(F)(F)F)c1)P(=O)(O)CC(CCC(=O)O)C(=O)O. The molecule has 0 aliphatic rings. The Labute approximate surface area is 170 Å². The third-order valence-electron chi connectivity index (χ3n) is 4.10. The zero-order valence-corrected chi connectivity index (χ0v) is 17.4. The summed E-state index contributed by atoms with van der Waals surface area (Å²) in [6.07, 6.45) is -6.54. The summed E-state index contributed by atoms with van der Waals surface area (Å²) in [7, 11) is -8.79. The number of aliphatic carboxylic acids is 2. The van der Waals surface area contributed by atoms with Crippen molar-refractivity contribution in [2.45, 2.75) is 37.5 Å². The summed E-state index contributed by atoms with van der Waals surface area (Å²) in [5, 5.41) is 17.7. The molecule has 0 saturated carbocycles. The number of carboxylic acid groups (broad SMARTS) is 2. The maximum atomic E-state index is 12.7. The maximum Gasteiger partial charge on any atom is 0.416 e. The van der Waals surface area contributed by atoms with E-state index in [-0.39, 0.29) is 5.56 Å². The summed E-state index contributed by atoms with van der Waals surface area (Å²) in [4.78, 5) is 31.9. The van der Waals surface area contributed by atoms with Gasteiger partial charge in [-0.15, -0.1) is 0 Å². The summed E-state index contributed by atoms with van der Waals surface area (Å²) in [5.41, 5.74) is -1.26. The molecule has 4 N–H and O–H groups in total. The van der Waals surface area contributed by atoms with Crippen LogP contribution in [0.2, 0.25) is 0 Å². The zero-order chi connectivity index (χ0) is 23.3. The van der Waals surface area contributed by atoms with E-state index in [4.69, 9.17) is 10.2 Å². The van der Waals surface area contributed by atoms with Crippen molar-refractivity contribution in [3.05, 3.63) is 35.4 Å². The molecule has 14 heteroatoms. The van der Waals surface area contributed by atoms with Gasteiger partial charge in [0.05, 0.1) is 23.0 Å². The molecule has 0 amide bonds. The maximum absolute atomic E-state index is 12.7. The van der Waals surface area contributed by atoms with E-state index >= 15 is 0 Å². The fraction of sp³-hybridized carbons (Fsp3) is 0.500. The van der Waals surface area contributed by atoms with Gasteiger partial charge in [0, 0.05) is 12.6 Å². The standard InChI is InChI=1S/C16H21F3NO8PS/c1-10(29(25,26)8-12(15(23)24)5-6-14(21)22)20-30(27,28)9-11-3-2-4-13(7-11)16(17,18)19/h2-4,7,10,12,20H,5-6,8-9H2,1H3,(H,21,22)(H,23,24)(H,25,26). The number of rotatable bonds is 11. The first-order valence-corrected chi connectivity index (χ1v) is 12.0. The third-order valence-corrected chi connectivity index (χ3v) is 8.01. The van der Waals surface area contributed by atoms with Crippen molar-refractivity contribution in [1.82, 2.24) is 4.72 Å². The lowest BCUT2D eigenvalue weighted by Crippen LogP contribution is -2.35. The van der Waals surface area contributed by atoms with Crippen LogP contribution in [0.15, 0.2) is 24.3 Å². The fourth-order valence-corrected chi connectivity index (χ4v) is 6.15. The number of carboxylic acids is 2. The predicted octanol–water partition coefficient (Wildman–Crippen LogP) is 2.31. The Morgan fingerprint density at radius 1 is 1.23 bits per heavy atom. The van der Waals surface area contributed by atoms with Crippen LogP contribution in [0.3, 0.4) is 0 Å². The van der Waals surface area contributed by atoms with E-state index in [1.807, 2.05) is 4.72 Å². The molecular weight excluding hydrogens is 454 g/mol. The van der Waals surface area contributed by atoms with Crippen LogP contribution in [-0.4, -0.2) is 47.4 Å². The molecule has 0 aromatic heterocycles. The van der Waals surface area contributed by atoms with Gasteiger partial charge < -0.3 is 15.1 Å². The average Bonchev–Trinajstić information content (AvgIpc) is 2.56. The van der Waals surface area contributed by atoms with Gasteiger partial charge in [0.2, 0.25) is 17.4 Å². The topological polar surface area (TPSA) is 158 Å². The van der Waals surface area contributed by atoms with Gasteiger partial charge in [-0.3, -0.25) is 14.2 Å². The monoisotopic (exact) mass is 475 g/mol. The second-order valence-corrected chi connectivity index (χ2v) is 11.1. The van der Waals surface area contributed by atoms with Gasteiger partial charge in [-0.2, -0.15) is 13.2 Å². The van der Waals surface area contributed by atoms with Crippen molar-refractivity contribution in [3.8, 4) is 0 Å². The molecule has 1 aromatic rings. The summed E-state index contributed by atoms with van der Waals surface area (Å²) in [5.74, 6) is -6.84. The molecule has 0 fully saturated rings. The number of halogens is 3. The number of alkyl halides is 3. The highest BCUT2D eigenvalue weighted by Crippen LogP contribution is 2.47. The summed E-state index contributed by atoms with van der Waals surface area (Å²) < 4.78 is 77.0. The molecule has 0 aliphatic carbocycles. The molecule has 3 unspecified atom stereocenters. The molecule has 0 heterocycles. The van der Waals surface area contributed by atoms with Gasteiger partial charge in [-0.25, -0.2) is 13.1 Å². The highest BCUT2D eigenvalue weighted by atomic mass is 32.2. The minimum atomic E-state index is -4.68. The highest BCUT2D eigenvalue weighted by molar-refractivity contribution is 7.89. The van der Waals surface area contributed by atoms with Crippen LogP contribution >= 0.6 is 7.37 Å². The summed E-state index contributed by atoms with van der Waals surface area (Å²) in [6, 6.07) is 3.56. The lowest BCUT2D eigenvalue weighted by molar-refractivity contribution is -0.142. The molecule has 170 valence electrons. The van der Waals surface area contributed by atoms with Crippen LogP contribution in [0.1, 0.15) is 30.9 Å². The Kier molecular flexibility index (Phi) is 8.61. The molecule has 1 rings (SSSR count). The van der Waals surface area contributed by atoms with Crippen LogP contribution < -0.4 is 4.72 Å². The molecule has 1 aromatic carbocycles. The third kappa shape index (κ3) is 8.42. The number of benzene rings is 1. The van der Waals surface area contributed by atoms with Crippen LogP contribution in [0, 0.1) is 5.92 Å². The Hall–Kier alpha value is -1.95. The molecule has 0 aliphatic heterocycles. The average molecular weight is 475 g/mol. The van der Waals surface area contributed by atoms with Crippen LogP contribution in [-0.2, 0) is 36.1 Å². The molecule has 3 atom stereocenters. The van der Waals surface area contributed by atoms with Crippen LogP contribution in [0.25, 0.3) is 0 Å². The molecular formula is C16H21F3NO8PS. The van der Waals surface area contributed by atoms with Crippen molar-refractivity contribution in [3.63, 3.8) is 0 Å². The molecule has 0 bridgehead atoms. The first-order valence-electron chi connectivity index (χ1n) is 8.46. The van der Waals surface area contributed by atoms with E-state index in [9.17, 15) is 40.6 Å². The molecule has 9 nitrogen and oxygen atoms in total. The van der Waals surface area contributed by atoms with E-state index in [0.29, 0.717) is 6.07 Å².